The van der Waals surface area contributed by atoms with Crippen molar-refractivity contribution < 1.29 is 9.18 Å². The lowest BCUT2D eigenvalue weighted by Crippen LogP contribution is -2.39. The van der Waals surface area contributed by atoms with Crippen molar-refractivity contribution >= 4 is 28.5 Å². The molecule has 17 heavy (non-hydrogen) atoms. The third kappa shape index (κ3) is 4.59. The van der Waals surface area contributed by atoms with Gasteiger partial charge in [-0.05, 0) is 54.3 Å². The van der Waals surface area contributed by atoms with E-state index in [1.165, 1.54) is 18.2 Å². The second-order valence-corrected chi connectivity index (χ2v) is 4.96. The van der Waals surface area contributed by atoms with Crippen molar-refractivity contribution in [1.29, 1.82) is 0 Å². The molecule has 5 heteroatoms. The summed E-state index contributed by atoms with van der Waals surface area (Å²) in [6.45, 7) is 5.44. The summed E-state index contributed by atoms with van der Waals surface area (Å²) in [7, 11) is 0. The fraction of sp³-hybridized carbons (Fsp3) is 0.417. The minimum Gasteiger partial charge on any atom is -0.350 e. The van der Waals surface area contributed by atoms with E-state index in [0.717, 1.165) is 6.54 Å². The maximum Gasteiger partial charge on any atom is 0.252 e. The van der Waals surface area contributed by atoms with Gasteiger partial charge < -0.3 is 10.6 Å². The van der Waals surface area contributed by atoms with Gasteiger partial charge in [-0.15, -0.1) is 0 Å². The average Bonchev–Trinajstić information content (AvgIpc) is 2.26. The Bertz CT molecular complexity index is 398. The van der Waals surface area contributed by atoms with Crippen molar-refractivity contribution in [3.63, 3.8) is 0 Å². The highest BCUT2D eigenvalue weighted by Gasteiger charge is 2.11. The zero-order valence-corrected chi connectivity index (χ0v) is 12.0. The van der Waals surface area contributed by atoms with E-state index in [1.54, 1.807) is 0 Å². The van der Waals surface area contributed by atoms with E-state index in [9.17, 15) is 9.18 Å². The first-order chi connectivity index (χ1) is 8.04. The molecule has 0 aliphatic carbocycles. The minimum absolute atomic E-state index is 0.167. The molecule has 1 rings (SSSR count). The standard InChI is InChI=1S/C12H16FIN2O/c1-3-15-8(2)7-16-12(17)10-5-4-9(13)6-11(10)14/h4-6,8,15H,3,7H2,1-2H3,(H,16,17)/t8-/m1/s1. The fourth-order valence-electron chi connectivity index (χ4n) is 1.44. The van der Waals surface area contributed by atoms with Crippen LogP contribution in [-0.2, 0) is 0 Å². The summed E-state index contributed by atoms with van der Waals surface area (Å²) in [5.41, 5.74) is 0.510. The molecule has 94 valence electrons. The van der Waals surface area contributed by atoms with Gasteiger partial charge in [-0.25, -0.2) is 4.39 Å². The quantitative estimate of drug-likeness (QED) is 0.800. The lowest BCUT2D eigenvalue weighted by Gasteiger charge is -2.13. The Labute approximate surface area is 114 Å². The van der Waals surface area contributed by atoms with E-state index in [4.69, 9.17) is 0 Å². The highest BCUT2D eigenvalue weighted by atomic mass is 127. The van der Waals surface area contributed by atoms with Crippen LogP contribution in [0.15, 0.2) is 18.2 Å². The smallest absolute Gasteiger partial charge is 0.252 e. The Morgan fingerprint density at radius 3 is 2.82 bits per heavy atom. The van der Waals surface area contributed by atoms with Crippen LogP contribution in [0.1, 0.15) is 24.2 Å². The van der Waals surface area contributed by atoms with Gasteiger partial charge in [0.25, 0.3) is 5.91 Å². The first-order valence-corrected chi connectivity index (χ1v) is 6.59. The predicted octanol–water partition coefficient (Wildman–Crippen LogP) is 2.16. The highest BCUT2D eigenvalue weighted by Crippen LogP contribution is 2.13. The zero-order valence-electron chi connectivity index (χ0n) is 9.89. The minimum atomic E-state index is -0.327. The van der Waals surface area contributed by atoms with E-state index in [2.05, 4.69) is 10.6 Å². The molecule has 3 nitrogen and oxygen atoms in total. The molecule has 2 N–H and O–H groups in total. The van der Waals surface area contributed by atoms with Gasteiger partial charge in [0.2, 0.25) is 0 Å². The van der Waals surface area contributed by atoms with Crippen LogP contribution >= 0.6 is 22.6 Å². The number of carbonyl (C=O) groups excluding carboxylic acids is 1. The van der Waals surface area contributed by atoms with E-state index in [1.807, 2.05) is 36.4 Å². The Hall–Kier alpha value is -0.690. The molecule has 1 aromatic rings. The maximum atomic E-state index is 12.9. The number of carbonyl (C=O) groups is 1. The third-order valence-electron chi connectivity index (χ3n) is 2.30. The maximum absolute atomic E-state index is 12.9. The molecule has 1 amide bonds. The summed E-state index contributed by atoms with van der Waals surface area (Å²) in [6, 6.07) is 4.38. The number of rotatable bonds is 5. The zero-order chi connectivity index (χ0) is 12.8. The van der Waals surface area contributed by atoms with Crippen molar-refractivity contribution in [1.82, 2.24) is 10.6 Å². The number of nitrogens with one attached hydrogen (secondary N) is 2. The molecule has 0 aromatic heterocycles. The van der Waals surface area contributed by atoms with Crippen LogP contribution in [0.5, 0.6) is 0 Å². The van der Waals surface area contributed by atoms with Crippen LogP contribution in [0, 0.1) is 9.39 Å². The lowest BCUT2D eigenvalue weighted by atomic mass is 10.2. The topological polar surface area (TPSA) is 41.1 Å². The van der Waals surface area contributed by atoms with Gasteiger partial charge in [-0.3, -0.25) is 4.79 Å². The number of halogens is 2. The van der Waals surface area contributed by atoms with Gasteiger partial charge in [0.15, 0.2) is 0 Å². The highest BCUT2D eigenvalue weighted by molar-refractivity contribution is 14.1. The molecule has 1 atom stereocenters. The van der Waals surface area contributed by atoms with Crippen LogP contribution in [0.25, 0.3) is 0 Å². The van der Waals surface area contributed by atoms with Crippen molar-refractivity contribution in [2.24, 2.45) is 0 Å². The molecular formula is C12H16FIN2O. The summed E-state index contributed by atoms with van der Waals surface area (Å²) in [6.07, 6.45) is 0. The lowest BCUT2D eigenvalue weighted by molar-refractivity contribution is 0.0949. The number of amides is 1. The first kappa shape index (κ1) is 14.4. The molecule has 0 unspecified atom stereocenters. The monoisotopic (exact) mass is 350 g/mol. The number of benzene rings is 1. The summed E-state index contributed by atoms with van der Waals surface area (Å²) in [4.78, 5) is 11.8. The Kier molecular flexibility index (Phi) is 5.84. The van der Waals surface area contributed by atoms with Crippen LogP contribution in [0.4, 0.5) is 4.39 Å². The van der Waals surface area contributed by atoms with Gasteiger partial charge in [0.05, 0.1) is 5.56 Å². The normalized spacial score (nSPS) is 12.2. The van der Waals surface area contributed by atoms with E-state index >= 15 is 0 Å². The Morgan fingerprint density at radius 2 is 2.24 bits per heavy atom. The molecule has 0 aliphatic rings. The van der Waals surface area contributed by atoms with Crippen LogP contribution in [0.2, 0.25) is 0 Å². The van der Waals surface area contributed by atoms with Gasteiger partial charge in [0, 0.05) is 16.2 Å². The van der Waals surface area contributed by atoms with Crippen molar-refractivity contribution in [3.8, 4) is 0 Å². The van der Waals surface area contributed by atoms with Crippen LogP contribution in [0.3, 0.4) is 0 Å². The van der Waals surface area contributed by atoms with Crippen molar-refractivity contribution in [2.75, 3.05) is 13.1 Å². The van der Waals surface area contributed by atoms with Gasteiger partial charge in [0.1, 0.15) is 5.82 Å². The van der Waals surface area contributed by atoms with E-state index in [-0.39, 0.29) is 17.8 Å². The summed E-state index contributed by atoms with van der Waals surface area (Å²) < 4.78 is 13.5. The van der Waals surface area contributed by atoms with Gasteiger partial charge in [-0.1, -0.05) is 6.92 Å². The van der Waals surface area contributed by atoms with Crippen LogP contribution in [-0.4, -0.2) is 25.0 Å². The summed E-state index contributed by atoms with van der Waals surface area (Å²) in [5, 5.41) is 6.01. The molecule has 1 aromatic carbocycles. The van der Waals surface area contributed by atoms with Gasteiger partial charge >= 0.3 is 0 Å². The largest absolute Gasteiger partial charge is 0.350 e. The SMILES string of the molecule is CCN[C@H](C)CNC(=O)c1ccc(F)cc1I. The second-order valence-electron chi connectivity index (χ2n) is 3.79. The van der Waals surface area contributed by atoms with Gasteiger partial charge in [-0.2, -0.15) is 0 Å². The van der Waals surface area contributed by atoms with Crippen molar-refractivity contribution in [3.05, 3.63) is 33.1 Å². The summed E-state index contributed by atoms with van der Waals surface area (Å²) in [5.74, 6) is -0.494. The summed E-state index contributed by atoms with van der Waals surface area (Å²) >= 11 is 1.96. The number of hydrogen-bond donors (Lipinski definition) is 2. The van der Waals surface area contributed by atoms with Crippen molar-refractivity contribution in [2.45, 2.75) is 19.9 Å². The molecule has 0 heterocycles. The van der Waals surface area contributed by atoms with E-state index < -0.39 is 0 Å². The third-order valence-corrected chi connectivity index (χ3v) is 3.19. The van der Waals surface area contributed by atoms with E-state index in [0.29, 0.717) is 15.7 Å². The fourth-order valence-corrected chi connectivity index (χ4v) is 2.16. The first-order valence-electron chi connectivity index (χ1n) is 5.51. The molecule has 0 saturated heterocycles. The Balaban J connectivity index is 2.58. The number of hydrogen-bond acceptors (Lipinski definition) is 2. The van der Waals surface area contributed by atoms with Crippen LogP contribution < -0.4 is 10.6 Å². The Morgan fingerprint density at radius 1 is 1.53 bits per heavy atom. The second kappa shape index (κ2) is 6.90. The molecule has 0 fully saturated rings. The molecule has 0 saturated carbocycles. The molecule has 0 aliphatic heterocycles. The molecular weight excluding hydrogens is 334 g/mol. The number of likely N-dealkylation sites (N-methyl/N-ethyl adjacent to an activating group) is 1. The molecule has 0 spiro atoms. The predicted molar refractivity (Wildman–Crippen MR) is 74.6 cm³/mol. The molecule has 0 radical (unpaired) electrons. The average molecular weight is 350 g/mol. The molecule has 0 bridgehead atoms.